The fourth-order valence-electron chi connectivity index (χ4n) is 2.33. The Balaban J connectivity index is 2.17. The highest BCUT2D eigenvalue weighted by molar-refractivity contribution is 7.89. The molecule has 2 N–H and O–H groups in total. The van der Waals surface area contributed by atoms with Crippen LogP contribution < -0.4 is 10.0 Å². The SMILES string of the molecule is CCCNCCS(=O)(=O)NCC1CCN(CC)CC1. The quantitative estimate of drug-likeness (QED) is 0.612. The van der Waals surface area contributed by atoms with E-state index in [1.165, 1.54) is 0 Å². The normalized spacial score (nSPS) is 18.8. The molecule has 0 aliphatic carbocycles. The van der Waals surface area contributed by atoms with Gasteiger partial charge in [0.1, 0.15) is 0 Å². The van der Waals surface area contributed by atoms with Crippen LogP contribution >= 0.6 is 0 Å². The molecule has 0 aromatic heterocycles. The summed E-state index contributed by atoms with van der Waals surface area (Å²) in [6, 6.07) is 0. The van der Waals surface area contributed by atoms with Crippen LogP contribution in [0.3, 0.4) is 0 Å². The molecule has 5 nitrogen and oxygen atoms in total. The van der Waals surface area contributed by atoms with Crippen LogP contribution in [0, 0.1) is 5.92 Å². The Bertz CT molecular complexity index is 325. The molecule has 1 aliphatic rings. The van der Waals surface area contributed by atoms with E-state index in [0.29, 0.717) is 19.0 Å². The first-order valence-electron chi connectivity index (χ1n) is 7.47. The van der Waals surface area contributed by atoms with Gasteiger partial charge in [-0.1, -0.05) is 13.8 Å². The van der Waals surface area contributed by atoms with Crippen molar-refractivity contribution in [3.8, 4) is 0 Å². The standard InChI is InChI=1S/C13H29N3O2S/c1-3-7-14-8-11-19(17,18)15-12-13-5-9-16(4-2)10-6-13/h13-15H,3-12H2,1-2H3. The number of likely N-dealkylation sites (tertiary alicyclic amines) is 1. The van der Waals surface area contributed by atoms with Gasteiger partial charge in [0, 0.05) is 13.1 Å². The maximum Gasteiger partial charge on any atom is 0.212 e. The third-order valence-corrected chi connectivity index (χ3v) is 5.07. The average Bonchev–Trinajstić information content (AvgIpc) is 2.42. The average molecular weight is 291 g/mol. The maximum atomic E-state index is 11.8. The van der Waals surface area contributed by atoms with Crippen LogP contribution in [0.25, 0.3) is 0 Å². The molecule has 0 aromatic rings. The summed E-state index contributed by atoms with van der Waals surface area (Å²) in [4.78, 5) is 2.42. The van der Waals surface area contributed by atoms with E-state index in [4.69, 9.17) is 0 Å². The van der Waals surface area contributed by atoms with Crippen LogP contribution in [0.1, 0.15) is 33.1 Å². The summed E-state index contributed by atoms with van der Waals surface area (Å²) in [7, 11) is -3.11. The molecule has 0 bridgehead atoms. The van der Waals surface area contributed by atoms with Gasteiger partial charge in [-0.25, -0.2) is 13.1 Å². The van der Waals surface area contributed by atoms with E-state index >= 15 is 0 Å². The zero-order valence-electron chi connectivity index (χ0n) is 12.3. The highest BCUT2D eigenvalue weighted by Gasteiger charge is 2.19. The lowest BCUT2D eigenvalue weighted by Gasteiger charge is -2.30. The molecular formula is C13H29N3O2S. The Kier molecular flexibility index (Phi) is 7.90. The summed E-state index contributed by atoms with van der Waals surface area (Å²) in [6.45, 7) is 9.56. The molecule has 19 heavy (non-hydrogen) atoms. The van der Waals surface area contributed by atoms with E-state index in [1.807, 2.05) is 0 Å². The molecule has 0 unspecified atom stereocenters. The monoisotopic (exact) mass is 291 g/mol. The van der Waals surface area contributed by atoms with Gasteiger partial charge >= 0.3 is 0 Å². The van der Waals surface area contributed by atoms with Gasteiger partial charge < -0.3 is 10.2 Å². The Morgan fingerprint density at radius 2 is 1.84 bits per heavy atom. The van der Waals surface area contributed by atoms with E-state index in [0.717, 1.165) is 45.4 Å². The minimum atomic E-state index is -3.11. The molecule has 6 heteroatoms. The highest BCUT2D eigenvalue weighted by atomic mass is 32.2. The topological polar surface area (TPSA) is 61.4 Å². The number of sulfonamides is 1. The Morgan fingerprint density at radius 1 is 1.16 bits per heavy atom. The van der Waals surface area contributed by atoms with Crippen molar-refractivity contribution < 1.29 is 8.42 Å². The van der Waals surface area contributed by atoms with Gasteiger partial charge in [-0.2, -0.15) is 0 Å². The van der Waals surface area contributed by atoms with Gasteiger partial charge in [0.2, 0.25) is 10.0 Å². The van der Waals surface area contributed by atoms with Crippen molar-refractivity contribution in [2.24, 2.45) is 5.92 Å². The van der Waals surface area contributed by atoms with Crippen LogP contribution in [-0.2, 0) is 10.0 Å². The van der Waals surface area contributed by atoms with Crippen molar-refractivity contribution >= 4 is 10.0 Å². The lowest BCUT2D eigenvalue weighted by molar-refractivity contribution is 0.194. The largest absolute Gasteiger partial charge is 0.316 e. The lowest BCUT2D eigenvalue weighted by Crippen LogP contribution is -2.40. The van der Waals surface area contributed by atoms with E-state index in [1.54, 1.807) is 0 Å². The van der Waals surface area contributed by atoms with Gasteiger partial charge in [-0.3, -0.25) is 0 Å². The second-order valence-electron chi connectivity index (χ2n) is 5.29. The van der Waals surface area contributed by atoms with Crippen LogP contribution in [0.2, 0.25) is 0 Å². The van der Waals surface area contributed by atoms with Crippen LogP contribution in [-0.4, -0.2) is 58.3 Å². The van der Waals surface area contributed by atoms with Gasteiger partial charge in [0.15, 0.2) is 0 Å². The number of hydrogen-bond donors (Lipinski definition) is 2. The molecule has 1 fully saturated rings. The second-order valence-corrected chi connectivity index (χ2v) is 7.22. The van der Waals surface area contributed by atoms with Crippen molar-refractivity contribution in [2.75, 3.05) is 45.0 Å². The zero-order chi connectivity index (χ0) is 14.1. The summed E-state index contributed by atoms with van der Waals surface area (Å²) < 4.78 is 26.3. The first-order valence-corrected chi connectivity index (χ1v) is 9.13. The first kappa shape index (κ1) is 16.9. The molecule has 1 heterocycles. The van der Waals surface area contributed by atoms with Crippen LogP contribution in [0.5, 0.6) is 0 Å². The van der Waals surface area contributed by atoms with Crippen molar-refractivity contribution in [2.45, 2.75) is 33.1 Å². The number of rotatable bonds is 9. The predicted molar refractivity (Wildman–Crippen MR) is 79.8 cm³/mol. The fourth-order valence-corrected chi connectivity index (χ4v) is 3.38. The summed E-state index contributed by atoms with van der Waals surface area (Å²) in [5, 5.41) is 3.12. The summed E-state index contributed by atoms with van der Waals surface area (Å²) >= 11 is 0. The van der Waals surface area contributed by atoms with Crippen molar-refractivity contribution in [3.05, 3.63) is 0 Å². The van der Waals surface area contributed by atoms with Gasteiger partial charge in [0.25, 0.3) is 0 Å². The van der Waals surface area contributed by atoms with Crippen LogP contribution in [0.15, 0.2) is 0 Å². The number of piperidine rings is 1. The Morgan fingerprint density at radius 3 is 2.42 bits per heavy atom. The van der Waals surface area contributed by atoms with Crippen molar-refractivity contribution in [1.29, 1.82) is 0 Å². The third kappa shape index (κ3) is 7.25. The first-order chi connectivity index (χ1) is 9.07. The molecule has 1 saturated heterocycles. The highest BCUT2D eigenvalue weighted by Crippen LogP contribution is 2.16. The molecule has 0 spiro atoms. The number of hydrogen-bond acceptors (Lipinski definition) is 4. The molecule has 0 aromatic carbocycles. The molecule has 0 radical (unpaired) electrons. The lowest BCUT2D eigenvalue weighted by atomic mass is 9.97. The Hall–Kier alpha value is -0.170. The zero-order valence-corrected chi connectivity index (χ0v) is 13.1. The molecule has 1 aliphatic heterocycles. The molecule has 0 saturated carbocycles. The van der Waals surface area contributed by atoms with E-state index in [2.05, 4.69) is 28.8 Å². The minimum Gasteiger partial charge on any atom is -0.316 e. The van der Waals surface area contributed by atoms with Gasteiger partial charge in [-0.05, 0) is 51.4 Å². The molecular weight excluding hydrogens is 262 g/mol. The van der Waals surface area contributed by atoms with E-state index < -0.39 is 10.0 Å². The third-order valence-electron chi connectivity index (χ3n) is 3.72. The summed E-state index contributed by atoms with van der Waals surface area (Å²) in [5.74, 6) is 0.682. The molecule has 1 rings (SSSR count). The molecule has 0 atom stereocenters. The van der Waals surface area contributed by atoms with Crippen LogP contribution in [0.4, 0.5) is 0 Å². The predicted octanol–water partition coefficient (Wildman–Crippen LogP) is 0.637. The van der Waals surface area contributed by atoms with Crippen molar-refractivity contribution in [1.82, 2.24) is 14.9 Å². The number of nitrogens with zero attached hydrogens (tertiary/aromatic N) is 1. The van der Waals surface area contributed by atoms with E-state index in [9.17, 15) is 8.42 Å². The maximum absolute atomic E-state index is 11.8. The molecule has 0 amide bonds. The summed E-state index contributed by atoms with van der Waals surface area (Å²) in [6.07, 6.45) is 3.23. The fraction of sp³-hybridized carbons (Fsp3) is 1.00. The number of nitrogens with one attached hydrogen (secondary N) is 2. The second kappa shape index (κ2) is 8.89. The minimum absolute atomic E-state index is 0.181. The van der Waals surface area contributed by atoms with E-state index in [-0.39, 0.29) is 5.75 Å². The molecule has 114 valence electrons. The van der Waals surface area contributed by atoms with Gasteiger partial charge in [-0.15, -0.1) is 0 Å². The Labute approximate surface area is 118 Å². The van der Waals surface area contributed by atoms with Crippen molar-refractivity contribution in [3.63, 3.8) is 0 Å². The smallest absolute Gasteiger partial charge is 0.212 e. The van der Waals surface area contributed by atoms with Gasteiger partial charge in [0.05, 0.1) is 5.75 Å². The summed E-state index contributed by atoms with van der Waals surface area (Å²) in [5.41, 5.74) is 0.